The van der Waals surface area contributed by atoms with Gasteiger partial charge in [0, 0.05) is 46.5 Å². The van der Waals surface area contributed by atoms with Crippen molar-refractivity contribution < 1.29 is 62.1 Å². The van der Waals surface area contributed by atoms with Gasteiger partial charge in [-0.3, -0.25) is 0 Å². The molecule has 1 N–H and O–H groups in total. The van der Waals surface area contributed by atoms with Crippen LogP contribution >= 0.6 is 0 Å². The van der Waals surface area contributed by atoms with E-state index in [1.165, 1.54) is 7.11 Å². The highest BCUT2D eigenvalue weighted by molar-refractivity contribution is 5.95. The third kappa shape index (κ3) is 16.4. The predicted molar refractivity (Wildman–Crippen MR) is 239 cm³/mol. The van der Waals surface area contributed by atoms with Crippen LogP contribution < -0.4 is 14.2 Å². The summed E-state index contributed by atoms with van der Waals surface area (Å²) in [5.41, 5.74) is 3.70. The Kier molecular flexibility index (Phi) is 22.7. The van der Waals surface area contributed by atoms with Gasteiger partial charge >= 0.3 is 11.9 Å². The molecule has 0 radical (unpaired) electrons. The first-order valence-electron chi connectivity index (χ1n) is 21.7. The molecule has 0 saturated carbocycles. The molecule has 2 heterocycles. The fraction of sp³-hybridized carbons (Fsp3) is 0.520. The standard InChI is InChI=1S/C29H38O7.C21H30O6/c1-21-8-5-6-9-23-10-7-11-26(33-4)28(23)29(30)36-25(18-27(21)35-20-31-2)16-17-34-19-22-12-14-24(32-3)15-13-22;1-15-7-4-5-8-16-9-6-10-18(25-3)20(16)21(23)27-17(11-12-22)13-19(15)26-14-24-2/h5-7,10-15,21,25,27H,8-9,16-20H2,1-4H3;4-6,9-10,15,17,19,22H,7-8,11-14H2,1-3H3/b6-5+;5-4+/t21-,25?,27+;15-,17?,19+/m00/s1. The molecule has 3 aromatic rings. The summed E-state index contributed by atoms with van der Waals surface area (Å²) < 4.78 is 55.9. The summed E-state index contributed by atoms with van der Waals surface area (Å²) >= 11 is 0. The monoisotopic (exact) mass is 876 g/mol. The first-order chi connectivity index (χ1) is 30.6. The number of cyclic esters (lactones) is 2. The van der Waals surface area contributed by atoms with Crippen LogP contribution in [0, 0.1) is 11.8 Å². The van der Waals surface area contributed by atoms with E-state index in [1.807, 2.05) is 48.5 Å². The first kappa shape index (κ1) is 50.9. The molecule has 13 nitrogen and oxygen atoms in total. The van der Waals surface area contributed by atoms with Crippen molar-refractivity contribution in [2.24, 2.45) is 11.8 Å². The summed E-state index contributed by atoms with van der Waals surface area (Å²) in [6.45, 7) is 5.44. The number of benzene rings is 3. The number of esters is 2. The maximum Gasteiger partial charge on any atom is 0.342 e. The van der Waals surface area contributed by atoms with Crippen LogP contribution in [0.4, 0.5) is 0 Å². The molecule has 2 unspecified atom stereocenters. The quantitative estimate of drug-likeness (QED) is 0.0636. The highest BCUT2D eigenvalue weighted by atomic mass is 16.7. The van der Waals surface area contributed by atoms with E-state index in [4.69, 9.17) is 47.4 Å². The van der Waals surface area contributed by atoms with Crippen LogP contribution in [-0.2, 0) is 52.6 Å². The molecule has 0 aromatic heterocycles. The zero-order chi connectivity index (χ0) is 45.4. The van der Waals surface area contributed by atoms with Gasteiger partial charge in [-0.1, -0.05) is 74.5 Å². The van der Waals surface area contributed by atoms with Gasteiger partial charge in [-0.2, -0.15) is 0 Å². The molecule has 2 aliphatic rings. The van der Waals surface area contributed by atoms with Gasteiger partial charge < -0.3 is 52.5 Å². The molecule has 6 atom stereocenters. The van der Waals surface area contributed by atoms with E-state index in [0.717, 1.165) is 35.3 Å². The lowest BCUT2D eigenvalue weighted by atomic mass is 9.93. The van der Waals surface area contributed by atoms with Crippen molar-refractivity contribution in [1.29, 1.82) is 0 Å². The van der Waals surface area contributed by atoms with Gasteiger partial charge in [-0.25, -0.2) is 9.59 Å². The van der Waals surface area contributed by atoms with Crippen LogP contribution in [0.1, 0.15) is 89.8 Å². The molecule has 5 rings (SSSR count). The van der Waals surface area contributed by atoms with E-state index in [0.29, 0.717) is 74.4 Å². The van der Waals surface area contributed by atoms with Gasteiger partial charge in [0.05, 0.1) is 46.8 Å². The minimum Gasteiger partial charge on any atom is -0.497 e. The molecular weight excluding hydrogens is 809 g/mol. The summed E-state index contributed by atoms with van der Waals surface area (Å²) in [4.78, 5) is 26.3. The molecule has 2 aliphatic heterocycles. The van der Waals surface area contributed by atoms with E-state index in [1.54, 1.807) is 40.6 Å². The van der Waals surface area contributed by atoms with Crippen molar-refractivity contribution >= 4 is 11.9 Å². The van der Waals surface area contributed by atoms with Crippen molar-refractivity contribution in [1.82, 2.24) is 0 Å². The highest BCUT2D eigenvalue weighted by Crippen LogP contribution is 2.30. The zero-order valence-corrected chi connectivity index (χ0v) is 38.1. The number of methoxy groups -OCH3 is 5. The van der Waals surface area contributed by atoms with E-state index in [2.05, 4.69) is 38.2 Å². The maximum absolute atomic E-state index is 13.4. The average molecular weight is 877 g/mol. The number of aliphatic hydroxyl groups is 1. The van der Waals surface area contributed by atoms with E-state index < -0.39 is 18.0 Å². The molecule has 3 aromatic carbocycles. The lowest BCUT2D eigenvalue weighted by Crippen LogP contribution is -2.32. The molecule has 0 bridgehead atoms. The first-order valence-corrected chi connectivity index (χ1v) is 21.7. The number of rotatable bonds is 16. The second-order valence-electron chi connectivity index (χ2n) is 15.7. The number of aliphatic hydroxyl groups excluding tert-OH is 1. The molecule has 63 heavy (non-hydrogen) atoms. The molecule has 0 aliphatic carbocycles. The number of fused-ring (bicyclic) bond motifs is 2. The Morgan fingerprint density at radius 2 is 1.11 bits per heavy atom. The van der Waals surface area contributed by atoms with Gasteiger partial charge in [0.2, 0.25) is 0 Å². The fourth-order valence-electron chi connectivity index (χ4n) is 7.54. The largest absolute Gasteiger partial charge is 0.497 e. The minimum atomic E-state index is -0.451. The fourth-order valence-corrected chi connectivity index (χ4v) is 7.54. The van der Waals surface area contributed by atoms with Gasteiger partial charge in [0.1, 0.15) is 54.2 Å². The summed E-state index contributed by atoms with van der Waals surface area (Å²) in [5.74, 6) is 1.43. The zero-order valence-electron chi connectivity index (χ0n) is 38.1. The van der Waals surface area contributed by atoms with Crippen molar-refractivity contribution in [3.05, 3.63) is 113 Å². The number of hydrogen-bond acceptors (Lipinski definition) is 13. The maximum atomic E-state index is 13.4. The molecule has 0 fully saturated rings. The Bertz CT molecular complexity index is 1860. The number of allylic oxidation sites excluding steroid dienone is 4. The summed E-state index contributed by atoms with van der Waals surface area (Å²) in [7, 11) is 7.93. The molecular formula is C50H68O13. The van der Waals surface area contributed by atoms with Crippen LogP contribution in [0.15, 0.2) is 85.0 Å². The third-order valence-electron chi connectivity index (χ3n) is 11.2. The highest BCUT2D eigenvalue weighted by Gasteiger charge is 2.29. The van der Waals surface area contributed by atoms with E-state index >= 15 is 0 Å². The molecule has 0 spiro atoms. The Hall–Kier alpha value is -4.76. The SMILES string of the molecule is COCO[C@@H]1CC(CCO)OC(=O)c2c(cccc2OC)C/C=C/C[C@@H]1C.COCO[C@@H]1CC(CCOCc2ccc(OC)cc2)OC(=O)c2c(cccc2OC)C/C=C/C[C@@H]1C. The van der Waals surface area contributed by atoms with Crippen LogP contribution in [0.25, 0.3) is 0 Å². The van der Waals surface area contributed by atoms with Crippen LogP contribution in [0.5, 0.6) is 17.2 Å². The minimum absolute atomic E-state index is 0.0675. The lowest BCUT2D eigenvalue weighted by Gasteiger charge is -2.28. The average Bonchev–Trinajstić information content (AvgIpc) is 3.29. The second-order valence-corrected chi connectivity index (χ2v) is 15.7. The number of ether oxygens (including phenoxy) is 10. The van der Waals surface area contributed by atoms with Gasteiger partial charge in [-0.05, 0) is 78.5 Å². The topological polar surface area (TPSA) is 147 Å². The number of carbonyl (C=O) groups is 2. The summed E-state index contributed by atoms with van der Waals surface area (Å²) in [5, 5.41) is 9.42. The Balaban J connectivity index is 0.000000288. The lowest BCUT2D eigenvalue weighted by molar-refractivity contribution is -0.104. The van der Waals surface area contributed by atoms with E-state index in [-0.39, 0.29) is 50.3 Å². The Labute approximate surface area is 373 Å². The molecule has 13 heteroatoms. The van der Waals surface area contributed by atoms with Crippen molar-refractivity contribution in [2.75, 3.05) is 62.3 Å². The Morgan fingerprint density at radius 3 is 1.56 bits per heavy atom. The summed E-state index contributed by atoms with van der Waals surface area (Å²) in [6, 6.07) is 18.9. The molecule has 0 amide bonds. The smallest absolute Gasteiger partial charge is 0.342 e. The van der Waals surface area contributed by atoms with Crippen molar-refractivity contribution in [2.45, 2.75) is 96.2 Å². The van der Waals surface area contributed by atoms with Crippen LogP contribution in [0.2, 0.25) is 0 Å². The Morgan fingerprint density at radius 1 is 0.619 bits per heavy atom. The number of carbonyl (C=O) groups excluding carboxylic acids is 2. The number of hydrogen-bond donors (Lipinski definition) is 1. The normalized spacial score (nSPS) is 22.9. The third-order valence-corrected chi connectivity index (χ3v) is 11.2. The second kappa shape index (κ2) is 28.1. The van der Waals surface area contributed by atoms with Crippen molar-refractivity contribution in [3.8, 4) is 17.2 Å². The van der Waals surface area contributed by atoms with Gasteiger partial charge in [-0.15, -0.1) is 0 Å². The predicted octanol–water partition coefficient (Wildman–Crippen LogP) is 8.47. The van der Waals surface area contributed by atoms with Gasteiger partial charge in [0.25, 0.3) is 0 Å². The van der Waals surface area contributed by atoms with E-state index in [9.17, 15) is 14.7 Å². The van der Waals surface area contributed by atoms with Crippen LogP contribution in [0.3, 0.4) is 0 Å². The molecule has 346 valence electrons. The van der Waals surface area contributed by atoms with Crippen molar-refractivity contribution in [3.63, 3.8) is 0 Å². The van der Waals surface area contributed by atoms with Crippen LogP contribution in [-0.4, -0.2) is 104 Å². The van der Waals surface area contributed by atoms with Gasteiger partial charge in [0.15, 0.2) is 0 Å². The molecule has 0 saturated heterocycles. The summed E-state index contributed by atoms with van der Waals surface area (Å²) in [6.07, 6.45) is 12.1.